The van der Waals surface area contributed by atoms with Crippen LogP contribution in [-0.2, 0) is 20.8 Å². The van der Waals surface area contributed by atoms with Crippen molar-refractivity contribution >= 4 is 0 Å². The predicted molar refractivity (Wildman–Crippen MR) is 82.7 cm³/mol. The molecule has 122 valence electrons. The van der Waals surface area contributed by atoms with Crippen LogP contribution in [0, 0.1) is 13.8 Å². The summed E-state index contributed by atoms with van der Waals surface area (Å²) in [5.41, 5.74) is 2.31. The van der Waals surface area contributed by atoms with E-state index in [-0.39, 0.29) is 0 Å². The third kappa shape index (κ3) is 8.83. The third-order valence-corrected chi connectivity index (χ3v) is 3.05. The molecule has 1 heterocycles. The molecule has 1 aromatic heterocycles. The molecule has 0 fully saturated rings. The highest BCUT2D eigenvalue weighted by Crippen LogP contribution is 2.01. The highest BCUT2D eigenvalue weighted by molar-refractivity contribution is 5.06. The average Bonchev–Trinajstić information content (AvgIpc) is 2.78. The molecular weight excluding hydrogens is 270 g/mol. The molecule has 0 radical (unpaired) electrons. The minimum Gasteiger partial charge on any atom is -0.382 e. The second-order valence-corrected chi connectivity index (χ2v) is 4.97. The van der Waals surface area contributed by atoms with E-state index < -0.39 is 0 Å². The van der Waals surface area contributed by atoms with E-state index in [1.807, 2.05) is 6.92 Å². The number of methoxy groups -OCH3 is 1. The first-order chi connectivity index (χ1) is 10.2. The number of hydrogen-bond acceptors (Lipinski definition) is 5. The first-order valence-corrected chi connectivity index (χ1v) is 7.60. The van der Waals surface area contributed by atoms with Crippen LogP contribution < -0.4 is 5.32 Å². The van der Waals surface area contributed by atoms with Crippen molar-refractivity contribution in [1.29, 1.82) is 0 Å². The Morgan fingerprint density at radius 1 is 1.05 bits per heavy atom. The van der Waals surface area contributed by atoms with E-state index in [9.17, 15) is 0 Å². The topological polar surface area (TPSA) is 57.5 Å². The van der Waals surface area contributed by atoms with Crippen molar-refractivity contribution in [3.63, 3.8) is 0 Å². The largest absolute Gasteiger partial charge is 0.382 e. The Morgan fingerprint density at radius 2 is 1.76 bits per heavy atom. The highest BCUT2D eigenvalue weighted by Gasteiger charge is 1.99. The predicted octanol–water partition coefficient (Wildman–Crippen LogP) is 1.16. The smallest absolute Gasteiger partial charge is 0.0701 e. The molecule has 0 unspecified atom stereocenters. The van der Waals surface area contributed by atoms with Gasteiger partial charge in [-0.15, -0.1) is 0 Å². The summed E-state index contributed by atoms with van der Waals surface area (Å²) in [6.07, 6.45) is 1.07. The molecule has 0 aromatic carbocycles. The SMILES string of the molecule is COCCOCCOCCNCCCn1nc(C)cc1C. The molecule has 0 aliphatic carbocycles. The van der Waals surface area contributed by atoms with Crippen LogP contribution in [0.25, 0.3) is 0 Å². The van der Waals surface area contributed by atoms with Gasteiger partial charge in [0.25, 0.3) is 0 Å². The quantitative estimate of drug-likeness (QED) is 0.554. The Bertz CT molecular complexity index is 369. The monoisotopic (exact) mass is 299 g/mol. The lowest BCUT2D eigenvalue weighted by Crippen LogP contribution is -2.23. The van der Waals surface area contributed by atoms with Crippen LogP contribution in [0.4, 0.5) is 0 Å². The van der Waals surface area contributed by atoms with Crippen LogP contribution >= 0.6 is 0 Å². The van der Waals surface area contributed by atoms with Crippen molar-refractivity contribution < 1.29 is 14.2 Å². The minimum absolute atomic E-state index is 0.626. The second kappa shape index (κ2) is 11.7. The number of hydrogen-bond donors (Lipinski definition) is 1. The van der Waals surface area contributed by atoms with E-state index in [2.05, 4.69) is 28.1 Å². The van der Waals surface area contributed by atoms with Gasteiger partial charge in [0.2, 0.25) is 0 Å². The van der Waals surface area contributed by atoms with E-state index in [4.69, 9.17) is 14.2 Å². The third-order valence-electron chi connectivity index (χ3n) is 3.05. The molecule has 0 saturated heterocycles. The van der Waals surface area contributed by atoms with Gasteiger partial charge < -0.3 is 19.5 Å². The van der Waals surface area contributed by atoms with Gasteiger partial charge in [0.05, 0.1) is 38.7 Å². The van der Waals surface area contributed by atoms with Crippen molar-refractivity contribution in [2.24, 2.45) is 0 Å². The Morgan fingerprint density at radius 3 is 2.43 bits per heavy atom. The Labute approximate surface area is 127 Å². The first-order valence-electron chi connectivity index (χ1n) is 7.60. The molecule has 0 aliphatic heterocycles. The van der Waals surface area contributed by atoms with Crippen LogP contribution in [0.3, 0.4) is 0 Å². The number of nitrogens with zero attached hydrogens (tertiary/aromatic N) is 2. The lowest BCUT2D eigenvalue weighted by molar-refractivity contribution is 0.0256. The molecule has 21 heavy (non-hydrogen) atoms. The van der Waals surface area contributed by atoms with Gasteiger partial charge in [-0.05, 0) is 32.9 Å². The van der Waals surface area contributed by atoms with Gasteiger partial charge in [-0.1, -0.05) is 0 Å². The Balaban J connectivity index is 1.84. The molecule has 0 amide bonds. The number of aryl methyl sites for hydroxylation is 3. The fourth-order valence-corrected chi connectivity index (χ4v) is 1.99. The molecule has 6 heteroatoms. The number of ether oxygens (including phenoxy) is 3. The van der Waals surface area contributed by atoms with E-state index in [0.29, 0.717) is 33.0 Å². The first kappa shape index (κ1) is 18.1. The summed E-state index contributed by atoms with van der Waals surface area (Å²) in [5.74, 6) is 0. The zero-order valence-electron chi connectivity index (χ0n) is 13.6. The second-order valence-electron chi connectivity index (χ2n) is 4.97. The molecule has 0 bridgehead atoms. The van der Waals surface area contributed by atoms with Crippen LogP contribution in [0.15, 0.2) is 6.07 Å². The van der Waals surface area contributed by atoms with Gasteiger partial charge >= 0.3 is 0 Å². The van der Waals surface area contributed by atoms with Crippen molar-refractivity contribution in [1.82, 2.24) is 15.1 Å². The van der Waals surface area contributed by atoms with Crippen LogP contribution in [0.2, 0.25) is 0 Å². The van der Waals surface area contributed by atoms with E-state index >= 15 is 0 Å². The van der Waals surface area contributed by atoms with E-state index in [0.717, 1.165) is 31.7 Å². The molecular formula is C15H29N3O3. The van der Waals surface area contributed by atoms with Gasteiger partial charge in [0, 0.05) is 25.9 Å². The van der Waals surface area contributed by atoms with Gasteiger partial charge in [-0.25, -0.2) is 0 Å². The van der Waals surface area contributed by atoms with Gasteiger partial charge in [-0.3, -0.25) is 4.68 Å². The van der Waals surface area contributed by atoms with Crippen molar-refractivity contribution in [3.05, 3.63) is 17.5 Å². The summed E-state index contributed by atoms with van der Waals surface area (Å²) in [6.45, 7) is 10.2. The normalized spacial score (nSPS) is 11.2. The average molecular weight is 299 g/mol. The maximum atomic E-state index is 5.46. The maximum absolute atomic E-state index is 5.46. The zero-order valence-corrected chi connectivity index (χ0v) is 13.6. The van der Waals surface area contributed by atoms with Crippen LogP contribution in [0.1, 0.15) is 17.8 Å². The number of rotatable bonds is 13. The van der Waals surface area contributed by atoms with Crippen LogP contribution in [-0.4, -0.2) is 63.0 Å². The summed E-state index contributed by atoms with van der Waals surface area (Å²) < 4.78 is 17.7. The summed E-state index contributed by atoms with van der Waals surface area (Å²) in [4.78, 5) is 0. The molecule has 0 atom stereocenters. The lowest BCUT2D eigenvalue weighted by Gasteiger charge is -2.07. The summed E-state index contributed by atoms with van der Waals surface area (Å²) in [5, 5.41) is 7.81. The number of aromatic nitrogens is 2. The van der Waals surface area contributed by atoms with Gasteiger partial charge in [-0.2, -0.15) is 5.10 Å². The molecule has 0 spiro atoms. The summed E-state index contributed by atoms with van der Waals surface area (Å²) in [6, 6.07) is 2.11. The molecule has 6 nitrogen and oxygen atoms in total. The molecule has 1 N–H and O–H groups in total. The molecule has 1 aromatic rings. The van der Waals surface area contributed by atoms with Crippen molar-refractivity contribution in [3.8, 4) is 0 Å². The fraction of sp³-hybridized carbons (Fsp3) is 0.800. The molecule has 0 saturated carbocycles. The van der Waals surface area contributed by atoms with Gasteiger partial charge in [0.1, 0.15) is 0 Å². The standard InChI is InChI=1S/C15H29N3O3/c1-14-13-15(2)18(17-14)7-4-5-16-6-8-20-11-12-21-10-9-19-3/h13,16H,4-12H2,1-3H3. The van der Waals surface area contributed by atoms with Crippen molar-refractivity contribution in [2.75, 3.05) is 53.2 Å². The summed E-state index contributed by atoms with van der Waals surface area (Å²) >= 11 is 0. The Kier molecular flexibility index (Phi) is 10.1. The molecule has 1 rings (SSSR count). The van der Waals surface area contributed by atoms with Crippen molar-refractivity contribution in [2.45, 2.75) is 26.8 Å². The van der Waals surface area contributed by atoms with E-state index in [1.165, 1.54) is 5.69 Å². The highest BCUT2D eigenvalue weighted by atomic mass is 16.5. The summed E-state index contributed by atoms with van der Waals surface area (Å²) in [7, 11) is 1.67. The molecule has 0 aliphatic rings. The Hall–Kier alpha value is -0.950. The van der Waals surface area contributed by atoms with Crippen LogP contribution in [0.5, 0.6) is 0 Å². The minimum atomic E-state index is 0.626. The maximum Gasteiger partial charge on any atom is 0.0701 e. The zero-order chi connectivity index (χ0) is 15.3. The van der Waals surface area contributed by atoms with Gasteiger partial charge in [0.15, 0.2) is 0 Å². The lowest BCUT2D eigenvalue weighted by atomic mass is 10.4. The van der Waals surface area contributed by atoms with E-state index in [1.54, 1.807) is 7.11 Å². The fourth-order valence-electron chi connectivity index (χ4n) is 1.99. The number of nitrogens with one attached hydrogen (secondary N) is 1.